The molecule has 1 amide bonds. The van der Waals surface area contributed by atoms with Crippen molar-refractivity contribution in [2.75, 3.05) is 46.0 Å². The molecule has 1 aromatic heterocycles. The standard InChI is InChI=1S/C19H27N3O3/c23-19(15-3-1-4-15)22-9-12-25-17(14-21-7-10-24-11-8-21)18(22)16-5-2-6-20-13-16/h2,5-6,13,15,17-18H,1,3-4,7-12,14H2/t17-,18-/m0/s1. The molecule has 2 aliphatic heterocycles. The number of aromatic nitrogens is 1. The van der Waals surface area contributed by atoms with E-state index in [1.54, 1.807) is 6.20 Å². The van der Waals surface area contributed by atoms with Gasteiger partial charge in [-0.3, -0.25) is 14.7 Å². The van der Waals surface area contributed by atoms with Crippen molar-refractivity contribution in [2.24, 2.45) is 5.92 Å². The number of carbonyl (C=O) groups is 1. The van der Waals surface area contributed by atoms with Crippen LogP contribution in [0.3, 0.4) is 0 Å². The number of amides is 1. The second kappa shape index (κ2) is 7.81. The Morgan fingerprint density at radius 3 is 2.72 bits per heavy atom. The van der Waals surface area contributed by atoms with Gasteiger partial charge < -0.3 is 14.4 Å². The van der Waals surface area contributed by atoms with Crippen LogP contribution >= 0.6 is 0 Å². The minimum atomic E-state index is -0.0432. The number of rotatable bonds is 4. The Hall–Kier alpha value is -1.50. The third-order valence-corrected chi connectivity index (χ3v) is 5.66. The van der Waals surface area contributed by atoms with Crippen LogP contribution in [-0.4, -0.2) is 72.8 Å². The Kier molecular flexibility index (Phi) is 5.29. The van der Waals surface area contributed by atoms with Gasteiger partial charge in [0, 0.05) is 44.5 Å². The maximum absolute atomic E-state index is 13.0. The highest BCUT2D eigenvalue weighted by Gasteiger charge is 2.40. The number of hydrogen-bond donors (Lipinski definition) is 0. The SMILES string of the molecule is O=C(C1CCC1)N1CCO[C@@H](CN2CCOCC2)[C@@H]1c1cccnc1. The lowest BCUT2D eigenvalue weighted by atomic mass is 9.83. The molecule has 6 heteroatoms. The number of hydrogen-bond acceptors (Lipinski definition) is 5. The quantitative estimate of drug-likeness (QED) is 0.827. The van der Waals surface area contributed by atoms with Crippen molar-refractivity contribution in [3.63, 3.8) is 0 Å². The molecular formula is C19H27N3O3. The first kappa shape index (κ1) is 16.9. The number of nitrogens with zero attached hydrogens (tertiary/aromatic N) is 3. The Balaban J connectivity index is 1.56. The van der Waals surface area contributed by atoms with E-state index in [-0.39, 0.29) is 18.1 Å². The Morgan fingerprint density at radius 1 is 1.20 bits per heavy atom. The molecule has 1 aromatic rings. The summed E-state index contributed by atoms with van der Waals surface area (Å²) < 4.78 is 11.6. The lowest BCUT2D eigenvalue weighted by Crippen LogP contribution is -2.54. The summed E-state index contributed by atoms with van der Waals surface area (Å²) in [5.41, 5.74) is 1.08. The molecule has 0 bridgehead atoms. The summed E-state index contributed by atoms with van der Waals surface area (Å²) >= 11 is 0. The first-order valence-corrected chi connectivity index (χ1v) is 9.45. The van der Waals surface area contributed by atoms with Gasteiger partial charge in [0.15, 0.2) is 0 Å². The fourth-order valence-corrected chi connectivity index (χ4v) is 4.01. The van der Waals surface area contributed by atoms with Crippen LogP contribution in [0.2, 0.25) is 0 Å². The first-order valence-electron chi connectivity index (χ1n) is 9.45. The smallest absolute Gasteiger partial charge is 0.226 e. The minimum Gasteiger partial charge on any atom is -0.379 e. The van der Waals surface area contributed by atoms with E-state index >= 15 is 0 Å². The summed E-state index contributed by atoms with van der Waals surface area (Å²) in [5, 5.41) is 0. The van der Waals surface area contributed by atoms with E-state index in [1.807, 2.05) is 12.3 Å². The molecule has 1 aliphatic carbocycles. The maximum atomic E-state index is 13.0. The largest absolute Gasteiger partial charge is 0.379 e. The van der Waals surface area contributed by atoms with Crippen LogP contribution in [0.4, 0.5) is 0 Å². The average Bonchev–Trinajstić information content (AvgIpc) is 2.62. The van der Waals surface area contributed by atoms with E-state index < -0.39 is 0 Å². The number of morpholine rings is 2. The minimum absolute atomic E-state index is 0.0138. The van der Waals surface area contributed by atoms with E-state index in [2.05, 4.69) is 20.9 Å². The Morgan fingerprint density at radius 2 is 2.04 bits per heavy atom. The molecule has 2 saturated heterocycles. The summed E-state index contributed by atoms with van der Waals surface area (Å²) in [6.45, 7) is 5.52. The molecule has 0 radical (unpaired) electrons. The van der Waals surface area contributed by atoms with Gasteiger partial charge in [0.1, 0.15) is 0 Å². The van der Waals surface area contributed by atoms with Gasteiger partial charge in [-0.25, -0.2) is 0 Å². The molecule has 4 rings (SSSR count). The van der Waals surface area contributed by atoms with Gasteiger partial charge in [0.2, 0.25) is 5.91 Å². The zero-order valence-electron chi connectivity index (χ0n) is 14.7. The highest BCUT2D eigenvalue weighted by molar-refractivity contribution is 5.80. The van der Waals surface area contributed by atoms with Gasteiger partial charge in [-0.1, -0.05) is 12.5 Å². The molecule has 3 aliphatic rings. The first-order chi connectivity index (χ1) is 12.3. The molecule has 6 nitrogen and oxygen atoms in total. The van der Waals surface area contributed by atoms with Crippen molar-refractivity contribution in [1.29, 1.82) is 0 Å². The van der Waals surface area contributed by atoms with Crippen molar-refractivity contribution in [2.45, 2.75) is 31.4 Å². The Labute approximate surface area is 149 Å². The summed E-state index contributed by atoms with van der Waals surface area (Å²) in [6, 6.07) is 3.97. The monoisotopic (exact) mass is 345 g/mol. The molecule has 3 heterocycles. The molecule has 0 N–H and O–H groups in total. The van der Waals surface area contributed by atoms with Crippen LogP contribution in [0.25, 0.3) is 0 Å². The molecular weight excluding hydrogens is 318 g/mol. The topological polar surface area (TPSA) is 54.9 Å². The Bertz CT molecular complexity index is 573. The van der Waals surface area contributed by atoms with Gasteiger partial charge in [-0.05, 0) is 24.5 Å². The normalized spacial score (nSPS) is 28.6. The van der Waals surface area contributed by atoms with Gasteiger partial charge in [-0.15, -0.1) is 0 Å². The zero-order valence-corrected chi connectivity index (χ0v) is 14.7. The van der Waals surface area contributed by atoms with Crippen LogP contribution in [0, 0.1) is 5.92 Å². The number of pyridine rings is 1. The third kappa shape index (κ3) is 3.71. The summed E-state index contributed by atoms with van der Waals surface area (Å²) in [7, 11) is 0. The highest BCUT2D eigenvalue weighted by atomic mass is 16.5. The van der Waals surface area contributed by atoms with Crippen LogP contribution in [0.5, 0.6) is 0 Å². The lowest BCUT2D eigenvalue weighted by molar-refractivity contribution is -0.156. The summed E-state index contributed by atoms with van der Waals surface area (Å²) in [4.78, 5) is 21.8. The average molecular weight is 345 g/mol. The predicted molar refractivity (Wildman–Crippen MR) is 93.0 cm³/mol. The lowest BCUT2D eigenvalue weighted by Gasteiger charge is -2.45. The molecule has 3 fully saturated rings. The van der Waals surface area contributed by atoms with Crippen LogP contribution in [-0.2, 0) is 14.3 Å². The van der Waals surface area contributed by atoms with Crippen LogP contribution < -0.4 is 0 Å². The van der Waals surface area contributed by atoms with Crippen LogP contribution in [0.15, 0.2) is 24.5 Å². The third-order valence-electron chi connectivity index (χ3n) is 5.66. The fraction of sp³-hybridized carbons (Fsp3) is 0.684. The number of carbonyl (C=O) groups excluding carboxylic acids is 1. The van der Waals surface area contributed by atoms with Crippen molar-refractivity contribution in [3.8, 4) is 0 Å². The molecule has 1 saturated carbocycles. The van der Waals surface area contributed by atoms with Gasteiger partial charge in [0.25, 0.3) is 0 Å². The van der Waals surface area contributed by atoms with Gasteiger partial charge in [-0.2, -0.15) is 0 Å². The van der Waals surface area contributed by atoms with Crippen molar-refractivity contribution >= 4 is 5.91 Å². The van der Waals surface area contributed by atoms with Crippen molar-refractivity contribution in [3.05, 3.63) is 30.1 Å². The zero-order chi connectivity index (χ0) is 17.1. The van der Waals surface area contributed by atoms with Crippen molar-refractivity contribution in [1.82, 2.24) is 14.8 Å². The summed E-state index contributed by atoms with van der Waals surface area (Å²) in [5.74, 6) is 0.511. The fourth-order valence-electron chi connectivity index (χ4n) is 4.01. The van der Waals surface area contributed by atoms with Gasteiger partial charge in [0.05, 0.1) is 32.0 Å². The van der Waals surface area contributed by atoms with E-state index in [9.17, 15) is 4.79 Å². The second-order valence-electron chi connectivity index (χ2n) is 7.21. The molecule has 25 heavy (non-hydrogen) atoms. The molecule has 0 unspecified atom stereocenters. The summed E-state index contributed by atoms with van der Waals surface area (Å²) in [6.07, 6.45) is 6.89. The van der Waals surface area contributed by atoms with Gasteiger partial charge >= 0.3 is 0 Å². The van der Waals surface area contributed by atoms with E-state index in [0.29, 0.717) is 19.1 Å². The maximum Gasteiger partial charge on any atom is 0.226 e. The van der Waals surface area contributed by atoms with E-state index in [0.717, 1.165) is 51.3 Å². The molecule has 2 atom stereocenters. The highest BCUT2D eigenvalue weighted by Crippen LogP contribution is 2.35. The van der Waals surface area contributed by atoms with Crippen molar-refractivity contribution < 1.29 is 14.3 Å². The number of ether oxygens (including phenoxy) is 2. The van der Waals surface area contributed by atoms with E-state index in [4.69, 9.17) is 9.47 Å². The van der Waals surface area contributed by atoms with E-state index in [1.165, 1.54) is 6.42 Å². The molecule has 0 aromatic carbocycles. The molecule has 136 valence electrons. The second-order valence-corrected chi connectivity index (χ2v) is 7.21. The molecule has 0 spiro atoms. The van der Waals surface area contributed by atoms with Crippen LogP contribution in [0.1, 0.15) is 30.9 Å². The predicted octanol–water partition coefficient (Wildman–Crippen LogP) is 1.48.